The topological polar surface area (TPSA) is 89.7 Å². The first kappa shape index (κ1) is 17.7. The van der Waals surface area contributed by atoms with Crippen LogP contribution in [0.25, 0.3) is 16.7 Å². The van der Waals surface area contributed by atoms with Crippen LogP contribution in [-0.4, -0.2) is 43.1 Å². The van der Waals surface area contributed by atoms with E-state index >= 15 is 0 Å². The summed E-state index contributed by atoms with van der Waals surface area (Å²) in [6.07, 6.45) is 7.02. The van der Waals surface area contributed by atoms with Gasteiger partial charge in [-0.15, -0.1) is 0 Å². The van der Waals surface area contributed by atoms with Crippen molar-refractivity contribution in [2.45, 2.75) is 13.5 Å². The number of amides is 1. The second-order valence-corrected chi connectivity index (χ2v) is 6.39. The molecule has 0 fully saturated rings. The molecule has 0 radical (unpaired) electrons. The number of carbonyl (C=O) groups excluding carboxylic acids is 1. The van der Waals surface area contributed by atoms with Crippen molar-refractivity contribution in [3.8, 4) is 5.82 Å². The fourth-order valence-corrected chi connectivity index (χ4v) is 3.08. The molecule has 1 aromatic carbocycles. The largest absolute Gasteiger partial charge is 0.368 e. The van der Waals surface area contributed by atoms with Gasteiger partial charge in [0, 0.05) is 43.3 Å². The summed E-state index contributed by atoms with van der Waals surface area (Å²) < 4.78 is 3.83. The second-order valence-electron chi connectivity index (χ2n) is 6.39. The van der Waals surface area contributed by atoms with Crippen LogP contribution in [0, 0.1) is 6.92 Å². The lowest BCUT2D eigenvalue weighted by Crippen LogP contribution is -2.31. The van der Waals surface area contributed by atoms with Gasteiger partial charge in [0.1, 0.15) is 30.3 Å². The highest BCUT2D eigenvalue weighted by atomic mass is 16.1. The summed E-state index contributed by atoms with van der Waals surface area (Å²) in [4.78, 5) is 24.9. The minimum Gasteiger partial charge on any atom is -0.368 e. The van der Waals surface area contributed by atoms with Crippen molar-refractivity contribution < 1.29 is 4.79 Å². The number of carbonyl (C=O) groups is 1. The molecule has 0 unspecified atom stereocenters. The van der Waals surface area contributed by atoms with E-state index in [0.29, 0.717) is 25.5 Å². The summed E-state index contributed by atoms with van der Waals surface area (Å²) in [5.74, 6) is 2.27. The lowest BCUT2D eigenvalue weighted by molar-refractivity contribution is -0.121. The Bertz CT molecular complexity index is 1100. The number of hydrogen-bond donors (Lipinski definition) is 2. The van der Waals surface area contributed by atoms with Gasteiger partial charge in [-0.3, -0.25) is 9.36 Å². The number of fused-ring (bicyclic) bond motifs is 1. The molecule has 0 saturated carbocycles. The molecule has 2 N–H and O–H groups in total. The number of aryl methyl sites for hydroxylation is 1. The van der Waals surface area contributed by atoms with Crippen LogP contribution in [0.4, 0.5) is 5.82 Å². The van der Waals surface area contributed by atoms with Gasteiger partial charge < -0.3 is 15.2 Å². The Balaban J connectivity index is 1.28. The van der Waals surface area contributed by atoms with Gasteiger partial charge in [-0.2, -0.15) is 0 Å². The van der Waals surface area contributed by atoms with Gasteiger partial charge in [-0.05, 0) is 24.4 Å². The number of hydrogen-bond acceptors (Lipinski definition) is 5. The predicted octanol–water partition coefficient (Wildman–Crippen LogP) is 2.15. The lowest BCUT2D eigenvalue weighted by Gasteiger charge is -2.10. The van der Waals surface area contributed by atoms with Crippen molar-refractivity contribution in [1.82, 2.24) is 29.4 Å². The molecule has 0 aliphatic rings. The number of benzene rings is 1. The van der Waals surface area contributed by atoms with E-state index in [1.54, 1.807) is 6.20 Å². The summed E-state index contributed by atoms with van der Waals surface area (Å²) in [6, 6.07) is 11.9. The molecule has 8 heteroatoms. The van der Waals surface area contributed by atoms with Gasteiger partial charge in [-0.25, -0.2) is 15.0 Å². The SMILES string of the molecule is Cc1nccn1-c1cc(NCCNC(=O)Cn2ccc3ccccc32)ncn1. The zero-order valence-electron chi connectivity index (χ0n) is 15.5. The molecule has 1 amide bonds. The number of anilines is 1. The van der Waals surface area contributed by atoms with Gasteiger partial charge in [0.25, 0.3) is 0 Å². The number of rotatable bonds is 7. The van der Waals surface area contributed by atoms with Gasteiger partial charge in [0.15, 0.2) is 0 Å². The van der Waals surface area contributed by atoms with Crippen molar-refractivity contribution in [3.63, 3.8) is 0 Å². The Morgan fingerprint density at radius 1 is 1.07 bits per heavy atom. The molecule has 8 nitrogen and oxygen atoms in total. The molecule has 28 heavy (non-hydrogen) atoms. The molecule has 4 aromatic rings. The lowest BCUT2D eigenvalue weighted by atomic mass is 10.2. The standard InChI is InChI=1S/C20H21N7O/c1-15-21-9-11-27(15)19-12-18(24-14-25-19)22-7-8-23-20(28)13-26-10-6-16-4-2-3-5-17(16)26/h2-6,9-12,14H,7-8,13H2,1H3,(H,23,28)(H,22,24,25). The maximum absolute atomic E-state index is 12.2. The van der Waals surface area contributed by atoms with Gasteiger partial charge >= 0.3 is 0 Å². The minimum atomic E-state index is -0.0273. The molecule has 4 rings (SSSR count). The van der Waals surface area contributed by atoms with Crippen molar-refractivity contribution in [2.24, 2.45) is 0 Å². The van der Waals surface area contributed by atoms with Crippen molar-refractivity contribution in [1.29, 1.82) is 0 Å². The molecule has 142 valence electrons. The zero-order valence-corrected chi connectivity index (χ0v) is 15.5. The average Bonchev–Trinajstić information content (AvgIpc) is 3.32. The highest BCUT2D eigenvalue weighted by molar-refractivity contribution is 5.83. The zero-order chi connectivity index (χ0) is 19.3. The first-order valence-corrected chi connectivity index (χ1v) is 9.07. The molecule has 0 saturated heterocycles. The fraction of sp³-hybridized carbons (Fsp3) is 0.200. The summed E-state index contributed by atoms with van der Waals surface area (Å²) in [5, 5.41) is 7.26. The Morgan fingerprint density at radius 3 is 2.82 bits per heavy atom. The predicted molar refractivity (Wildman–Crippen MR) is 107 cm³/mol. The van der Waals surface area contributed by atoms with Crippen LogP contribution in [0.15, 0.2) is 61.3 Å². The van der Waals surface area contributed by atoms with Crippen molar-refractivity contribution in [2.75, 3.05) is 18.4 Å². The van der Waals surface area contributed by atoms with Crippen LogP contribution < -0.4 is 10.6 Å². The maximum atomic E-state index is 12.2. The maximum Gasteiger partial charge on any atom is 0.240 e. The summed E-state index contributed by atoms with van der Waals surface area (Å²) in [5.41, 5.74) is 1.05. The number of imidazole rings is 1. The van der Waals surface area contributed by atoms with Crippen LogP contribution in [0.2, 0.25) is 0 Å². The first-order chi connectivity index (χ1) is 13.7. The minimum absolute atomic E-state index is 0.0273. The van der Waals surface area contributed by atoms with E-state index < -0.39 is 0 Å². The Kier molecular flexibility index (Phi) is 5.01. The molecule has 0 atom stereocenters. The van der Waals surface area contributed by atoms with E-state index in [1.165, 1.54) is 6.33 Å². The Hall–Kier alpha value is -3.68. The van der Waals surface area contributed by atoms with E-state index in [0.717, 1.165) is 22.5 Å². The van der Waals surface area contributed by atoms with Crippen molar-refractivity contribution >= 4 is 22.6 Å². The van der Waals surface area contributed by atoms with Gasteiger partial charge in [0.05, 0.1) is 0 Å². The molecular weight excluding hydrogens is 354 g/mol. The Labute approximate surface area is 162 Å². The monoisotopic (exact) mass is 375 g/mol. The number of aromatic nitrogens is 5. The third kappa shape index (κ3) is 3.85. The van der Waals surface area contributed by atoms with E-state index in [2.05, 4.69) is 25.6 Å². The van der Waals surface area contributed by atoms with E-state index in [4.69, 9.17) is 0 Å². The average molecular weight is 375 g/mol. The molecule has 3 heterocycles. The second kappa shape index (κ2) is 7.91. The highest BCUT2D eigenvalue weighted by Gasteiger charge is 2.06. The van der Waals surface area contributed by atoms with Crippen LogP contribution in [0.3, 0.4) is 0 Å². The highest BCUT2D eigenvalue weighted by Crippen LogP contribution is 2.14. The third-order valence-corrected chi connectivity index (χ3v) is 4.47. The van der Waals surface area contributed by atoms with E-state index in [-0.39, 0.29) is 5.91 Å². The molecule has 0 spiro atoms. The number of para-hydroxylation sites is 1. The number of nitrogens with one attached hydrogen (secondary N) is 2. The molecule has 0 aliphatic carbocycles. The molecular formula is C20H21N7O. The molecule has 0 aliphatic heterocycles. The normalized spacial score (nSPS) is 10.9. The third-order valence-electron chi connectivity index (χ3n) is 4.47. The first-order valence-electron chi connectivity index (χ1n) is 9.07. The summed E-state index contributed by atoms with van der Waals surface area (Å²) in [6.45, 7) is 3.28. The molecule has 0 bridgehead atoms. The Morgan fingerprint density at radius 2 is 1.96 bits per heavy atom. The fourth-order valence-electron chi connectivity index (χ4n) is 3.08. The summed E-state index contributed by atoms with van der Waals surface area (Å²) in [7, 11) is 0. The molecule has 3 aromatic heterocycles. The van der Waals surface area contributed by atoms with Crippen LogP contribution in [-0.2, 0) is 11.3 Å². The van der Waals surface area contributed by atoms with Gasteiger partial charge in [-0.1, -0.05) is 18.2 Å². The van der Waals surface area contributed by atoms with Crippen molar-refractivity contribution in [3.05, 3.63) is 67.1 Å². The van der Waals surface area contributed by atoms with Crippen LogP contribution >= 0.6 is 0 Å². The van der Waals surface area contributed by atoms with Crippen LogP contribution in [0.1, 0.15) is 5.82 Å². The quantitative estimate of drug-likeness (QED) is 0.483. The van der Waals surface area contributed by atoms with Gasteiger partial charge in [0.2, 0.25) is 5.91 Å². The van der Waals surface area contributed by atoms with E-state index in [1.807, 2.05) is 64.8 Å². The number of nitrogens with zero attached hydrogens (tertiary/aromatic N) is 5. The van der Waals surface area contributed by atoms with E-state index in [9.17, 15) is 4.79 Å². The smallest absolute Gasteiger partial charge is 0.240 e. The summed E-state index contributed by atoms with van der Waals surface area (Å²) >= 11 is 0. The van der Waals surface area contributed by atoms with Crippen LogP contribution in [0.5, 0.6) is 0 Å².